The highest BCUT2D eigenvalue weighted by atomic mass is 32.2. The molecule has 3 heterocycles. The number of hydrogen-bond donors (Lipinski definition) is 1. The zero-order chi connectivity index (χ0) is 23.1. The van der Waals surface area contributed by atoms with Crippen molar-refractivity contribution >= 4 is 45.5 Å². The van der Waals surface area contributed by atoms with Crippen molar-refractivity contribution in [3.8, 4) is 11.3 Å². The number of nitro benzene ring substituents is 1. The minimum atomic E-state index is -0.562. The van der Waals surface area contributed by atoms with Crippen molar-refractivity contribution < 1.29 is 14.1 Å². The number of rotatable bonds is 4. The molecule has 2 aromatic carbocycles. The Bertz CT molecular complexity index is 1440. The van der Waals surface area contributed by atoms with Crippen LogP contribution in [-0.2, 0) is 4.79 Å². The smallest absolute Gasteiger partial charge is 0.283 e. The van der Waals surface area contributed by atoms with Gasteiger partial charge in [-0.25, -0.2) is 0 Å². The van der Waals surface area contributed by atoms with Gasteiger partial charge in [0.2, 0.25) is 5.17 Å². The normalized spacial score (nSPS) is 16.6. The van der Waals surface area contributed by atoms with Gasteiger partial charge in [0, 0.05) is 23.3 Å². The maximum atomic E-state index is 12.7. The van der Waals surface area contributed by atoms with Crippen LogP contribution in [0.2, 0.25) is 0 Å². The minimum absolute atomic E-state index is 0.0362. The molecule has 0 radical (unpaired) electrons. The van der Waals surface area contributed by atoms with Crippen LogP contribution in [0.15, 0.2) is 80.7 Å². The summed E-state index contributed by atoms with van der Waals surface area (Å²) in [6.07, 6.45) is 1.43. The Labute approximate surface area is 191 Å². The average molecular weight is 457 g/mol. The van der Waals surface area contributed by atoms with Crippen LogP contribution in [0.4, 0.5) is 5.69 Å². The van der Waals surface area contributed by atoms with Crippen LogP contribution in [-0.4, -0.2) is 31.9 Å². The zero-order valence-electron chi connectivity index (χ0n) is 17.2. The molecule has 2 aliphatic rings. The molecule has 10 heteroatoms. The van der Waals surface area contributed by atoms with Crippen LogP contribution in [0.1, 0.15) is 16.9 Å². The van der Waals surface area contributed by atoms with Gasteiger partial charge in [-0.15, -0.1) is 0 Å². The Morgan fingerprint density at radius 2 is 1.97 bits per heavy atom. The molecule has 33 heavy (non-hydrogen) atoms. The molecule has 9 nitrogen and oxygen atoms in total. The predicted molar refractivity (Wildman–Crippen MR) is 126 cm³/mol. The van der Waals surface area contributed by atoms with Crippen molar-refractivity contribution in [2.24, 2.45) is 10.1 Å². The number of fused-ring (bicyclic) bond motifs is 1. The van der Waals surface area contributed by atoms with E-state index >= 15 is 0 Å². The van der Waals surface area contributed by atoms with Gasteiger partial charge in [-0.05, 0) is 42.5 Å². The first-order valence-electron chi connectivity index (χ1n) is 9.81. The monoisotopic (exact) mass is 457 g/mol. The summed E-state index contributed by atoms with van der Waals surface area (Å²) in [5, 5.41) is 26.4. The molecule has 0 fully saturated rings. The van der Waals surface area contributed by atoms with Crippen molar-refractivity contribution in [2.45, 2.75) is 6.92 Å². The third kappa shape index (κ3) is 3.76. The number of furan rings is 1. The number of aryl methyl sites for hydroxylation is 1. The molecule has 0 spiro atoms. The van der Waals surface area contributed by atoms with E-state index in [-0.39, 0.29) is 17.1 Å². The fourth-order valence-electron chi connectivity index (χ4n) is 3.41. The topological polar surface area (TPSA) is 125 Å². The maximum absolute atomic E-state index is 12.7. The second-order valence-corrected chi connectivity index (χ2v) is 8.21. The Morgan fingerprint density at radius 3 is 2.76 bits per heavy atom. The highest BCUT2D eigenvalue weighted by Gasteiger charge is 2.36. The number of benzene rings is 2. The van der Waals surface area contributed by atoms with E-state index in [1.807, 2.05) is 31.2 Å². The van der Waals surface area contributed by atoms with Gasteiger partial charge in [0.1, 0.15) is 16.6 Å². The van der Waals surface area contributed by atoms with Crippen molar-refractivity contribution in [3.05, 3.63) is 93.2 Å². The number of aliphatic imine (C=N–C) groups is 1. The van der Waals surface area contributed by atoms with Gasteiger partial charge in [0.15, 0.2) is 5.84 Å². The minimum Gasteiger partial charge on any atom is -0.457 e. The Hall–Kier alpha value is -4.31. The lowest BCUT2D eigenvalue weighted by atomic mass is 10.1. The van der Waals surface area contributed by atoms with Crippen molar-refractivity contribution in [1.29, 1.82) is 5.41 Å². The van der Waals surface area contributed by atoms with E-state index in [1.54, 1.807) is 24.3 Å². The number of hydrazone groups is 1. The van der Waals surface area contributed by atoms with E-state index in [9.17, 15) is 14.9 Å². The fourth-order valence-corrected chi connectivity index (χ4v) is 4.40. The van der Waals surface area contributed by atoms with Crippen LogP contribution in [0.25, 0.3) is 17.4 Å². The van der Waals surface area contributed by atoms with E-state index in [4.69, 9.17) is 9.83 Å². The number of hydrogen-bond acceptors (Lipinski definition) is 7. The first kappa shape index (κ1) is 20.6. The van der Waals surface area contributed by atoms with Crippen LogP contribution >= 0.6 is 11.8 Å². The van der Waals surface area contributed by atoms with E-state index < -0.39 is 10.8 Å². The molecule has 3 aromatic rings. The largest absolute Gasteiger partial charge is 0.457 e. The zero-order valence-corrected chi connectivity index (χ0v) is 18.0. The number of nitro groups is 1. The van der Waals surface area contributed by atoms with Crippen molar-refractivity contribution in [3.63, 3.8) is 0 Å². The average Bonchev–Trinajstić information content (AvgIpc) is 3.44. The molecule has 0 atom stereocenters. The van der Waals surface area contributed by atoms with Gasteiger partial charge in [0.25, 0.3) is 11.6 Å². The molecule has 0 saturated carbocycles. The molecule has 0 bridgehead atoms. The van der Waals surface area contributed by atoms with E-state index in [1.165, 1.54) is 35.0 Å². The third-order valence-corrected chi connectivity index (χ3v) is 6.03. The molecule has 1 aromatic heterocycles. The maximum Gasteiger partial charge on any atom is 0.283 e. The number of carbonyl (C=O) groups is 1. The van der Waals surface area contributed by atoms with Crippen LogP contribution < -0.4 is 0 Å². The first-order valence-corrected chi connectivity index (χ1v) is 10.6. The number of thioether (sulfide) groups is 1. The highest BCUT2D eigenvalue weighted by Crippen LogP contribution is 2.32. The van der Waals surface area contributed by atoms with Gasteiger partial charge < -0.3 is 4.42 Å². The summed E-state index contributed by atoms with van der Waals surface area (Å²) in [7, 11) is 0. The quantitative estimate of drug-likeness (QED) is 0.340. The first-order chi connectivity index (χ1) is 15.9. The summed E-state index contributed by atoms with van der Waals surface area (Å²) in [6.45, 7) is 1.97. The molecular weight excluding hydrogens is 442 g/mol. The Balaban J connectivity index is 1.45. The number of nitrogens with zero attached hydrogens (tertiary/aromatic N) is 4. The third-order valence-electron chi connectivity index (χ3n) is 5.08. The summed E-state index contributed by atoms with van der Waals surface area (Å²) in [5.74, 6) is 0.0574. The standard InChI is InChI=1S/C23H15N5O4S/c1-13-5-2-3-8-17(13)22-26-27-20(24)18(21(29)25-23(27)33-22)12-16-9-10-19(32-16)14-6-4-7-15(11-14)28(30)31/h2-12,24H,1H3/b18-12-,24-20?. The molecule has 1 amide bonds. The predicted octanol–water partition coefficient (Wildman–Crippen LogP) is 4.83. The highest BCUT2D eigenvalue weighted by molar-refractivity contribution is 8.27. The summed E-state index contributed by atoms with van der Waals surface area (Å²) in [5.41, 5.74) is 2.46. The van der Waals surface area contributed by atoms with Crippen LogP contribution in [0, 0.1) is 22.4 Å². The molecule has 162 valence electrons. The Kier molecular flexibility index (Phi) is 4.98. The lowest BCUT2D eigenvalue weighted by Crippen LogP contribution is -2.35. The number of amidine groups is 2. The van der Waals surface area contributed by atoms with E-state index in [2.05, 4.69) is 10.1 Å². The lowest BCUT2D eigenvalue weighted by Gasteiger charge is -2.19. The fraction of sp³-hybridized carbons (Fsp3) is 0.0435. The van der Waals surface area contributed by atoms with Crippen LogP contribution in [0.3, 0.4) is 0 Å². The molecule has 2 aliphatic heterocycles. The Morgan fingerprint density at radius 1 is 1.15 bits per heavy atom. The lowest BCUT2D eigenvalue weighted by molar-refractivity contribution is -0.384. The van der Waals surface area contributed by atoms with Gasteiger partial charge in [-0.2, -0.15) is 15.1 Å². The second kappa shape index (κ2) is 7.99. The van der Waals surface area contributed by atoms with Crippen molar-refractivity contribution in [1.82, 2.24) is 5.01 Å². The number of carbonyl (C=O) groups excluding carboxylic acids is 1. The summed E-state index contributed by atoms with van der Waals surface area (Å²) >= 11 is 1.24. The van der Waals surface area contributed by atoms with E-state index in [0.29, 0.717) is 27.3 Å². The summed E-state index contributed by atoms with van der Waals surface area (Å²) in [6, 6.07) is 17.1. The summed E-state index contributed by atoms with van der Waals surface area (Å²) in [4.78, 5) is 27.3. The number of non-ortho nitro benzene ring substituents is 1. The van der Waals surface area contributed by atoms with E-state index in [0.717, 1.165) is 11.1 Å². The number of nitrogens with one attached hydrogen (secondary N) is 1. The molecular formula is C23H15N5O4S. The SMILES string of the molecule is Cc1ccccc1C1=NN2C(=N)/C(=C/c3ccc(-c4cccc([N+](=O)[O-])c4)o3)C(=O)N=C2S1. The molecule has 1 N–H and O–H groups in total. The van der Waals surface area contributed by atoms with Gasteiger partial charge in [0.05, 0.1) is 10.5 Å². The molecule has 0 unspecified atom stereocenters. The van der Waals surface area contributed by atoms with Crippen molar-refractivity contribution in [2.75, 3.05) is 0 Å². The number of amides is 1. The summed E-state index contributed by atoms with van der Waals surface area (Å²) < 4.78 is 5.77. The molecule has 5 rings (SSSR count). The van der Waals surface area contributed by atoms with Gasteiger partial charge in [-0.3, -0.25) is 20.3 Å². The van der Waals surface area contributed by atoms with Gasteiger partial charge >= 0.3 is 0 Å². The molecule has 0 saturated heterocycles. The molecule has 0 aliphatic carbocycles. The second-order valence-electron chi connectivity index (χ2n) is 7.25. The van der Waals surface area contributed by atoms with Crippen LogP contribution in [0.5, 0.6) is 0 Å². The van der Waals surface area contributed by atoms with Gasteiger partial charge in [-0.1, -0.05) is 36.4 Å².